The topological polar surface area (TPSA) is 55.8 Å². The predicted octanol–water partition coefficient (Wildman–Crippen LogP) is 2.15. The van der Waals surface area contributed by atoms with Gasteiger partial charge < -0.3 is 19.6 Å². The third-order valence-electron chi connectivity index (χ3n) is 5.63. The van der Waals surface area contributed by atoms with Gasteiger partial charge in [-0.1, -0.05) is 23.7 Å². The average Bonchev–Trinajstić information content (AvgIpc) is 2.74. The number of hydrogen-bond donors (Lipinski definition) is 0. The Morgan fingerprint density at radius 3 is 2.03 bits per heavy atom. The maximum atomic E-state index is 12.8. The number of carbonyl (C=O) groups excluding carboxylic acids is 1. The van der Waals surface area contributed by atoms with Gasteiger partial charge >= 0.3 is 0 Å². The molecule has 3 heterocycles. The second kappa shape index (κ2) is 8.55. The van der Waals surface area contributed by atoms with Gasteiger partial charge in [0.1, 0.15) is 17.5 Å². The zero-order chi connectivity index (χ0) is 20.4. The summed E-state index contributed by atoms with van der Waals surface area (Å²) in [5.74, 6) is 2.71. The molecule has 0 spiro atoms. The van der Waals surface area contributed by atoms with Crippen molar-refractivity contribution in [1.82, 2.24) is 19.8 Å². The molecule has 2 aliphatic rings. The summed E-state index contributed by atoms with van der Waals surface area (Å²) in [6.07, 6.45) is 0. The highest BCUT2D eigenvalue weighted by Crippen LogP contribution is 2.23. The number of piperazine rings is 2. The molecule has 0 saturated carbocycles. The normalized spacial score (nSPS) is 18.2. The van der Waals surface area contributed by atoms with E-state index < -0.39 is 0 Å². The van der Waals surface area contributed by atoms with Crippen LogP contribution in [0.25, 0.3) is 0 Å². The maximum Gasteiger partial charge on any atom is 0.255 e. The van der Waals surface area contributed by atoms with Crippen LogP contribution in [-0.4, -0.2) is 85.1 Å². The van der Waals surface area contributed by atoms with Gasteiger partial charge in [0.25, 0.3) is 5.91 Å². The first-order valence-electron chi connectivity index (χ1n) is 10.1. The molecule has 1 amide bonds. The standard InChI is InChI=1S/C21H27ClN6O/c1-16-23-19(26-9-7-25(2)8-10-26)15-20(24-16)27-11-13-28(14-12-27)21(29)17-5-3-4-6-18(17)22/h3-6,15H,7-14H2,1-2H3. The van der Waals surface area contributed by atoms with Crippen LogP contribution in [0.3, 0.4) is 0 Å². The predicted molar refractivity (Wildman–Crippen MR) is 116 cm³/mol. The Morgan fingerprint density at radius 1 is 0.897 bits per heavy atom. The Morgan fingerprint density at radius 2 is 1.45 bits per heavy atom. The fourth-order valence-electron chi connectivity index (χ4n) is 3.84. The first-order valence-corrected chi connectivity index (χ1v) is 10.5. The van der Waals surface area contributed by atoms with Crippen molar-refractivity contribution in [2.24, 2.45) is 0 Å². The van der Waals surface area contributed by atoms with Crippen molar-refractivity contribution in [2.75, 3.05) is 69.2 Å². The molecule has 2 saturated heterocycles. The lowest BCUT2D eigenvalue weighted by atomic mass is 10.2. The van der Waals surface area contributed by atoms with E-state index in [2.05, 4.69) is 37.8 Å². The third-order valence-corrected chi connectivity index (χ3v) is 5.96. The van der Waals surface area contributed by atoms with Gasteiger partial charge in [0, 0.05) is 58.4 Å². The second-order valence-corrected chi connectivity index (χ2v) is 8.09. The molecule has 154 valence electrons. The van der Waals surface area contributed by atoms with Gasteiger partial charge in [0.05, 0.1) is 10.6 Å². The molecule has 4 rings (SSSR count). The molecule has 7 nitrogen and oxygen atoms in total. The quantitative estimate of drug-likeness (QED) is 0.767. The molecule has 0 radical (unpaired) electrons. The summed E-state index contributed by atoms with van der Waals surface area (Å²) in [5.41, 5.74) is 0.567. The number of carbonyl (C=O) groups is 1. The Hall–Kier alpha value is -2.38. The molecule has 0 unspecified atom stereocenters. The van der Waals surface area contributed by atoms with Crippen LogP contribution in [0.2, 0.25) is 5.02 Å². The number of benzene rings is 1. The van der Waals surface area contributed by atoms with Gasteiger partial charge in [0.2, 0.25) is 0 Å². The van der Waals surface area contributed by atoms with E-state index in [4.69, 9.17) is 11.6 Å². The SMILES string of the molecule is Cc1nc(N2CCN(C)CC2)cc(N2CCN(C(=O)c3ccccc3Cl)CC2)n1. The number of aryl methyl sites for hydroxylation is 1. The molecule has 0 aliphatic carbocycles. The van der Waals surface area contributed by atoms with Gasteiger partial charge in [-0.15, -0.1) is 0 Å². The number of nitrogens with zero attached hydrogens (tertiary/aromatic N) is 6. The lowest BCUT2D eigenvalue weighted by molar-refractivity contribution is 0.0746. The number of likely N-dealkylation sites (N-methyl/N-ethyl adjacent to an activating group) is 1. The Balaban J connectivity index is 1.43. The van der Waals surface area contributed by atoms with E-state index in [9.17, 15) is 4.79 Å². The Kier molecular flexibility index (Phi) is 5.87. The molecule has 8 heteroatoms. The van der Waals surface area contributed by atoms with E-state index in [1.54, 1.807) is 12.1 Å². The van der Waals surface area contributed by atoms with Gasteiger partial charge in [-0.2, -0.15) is 0 Å². The summed E-state index contributed by atoms with van der Waals surface area (Å²) >= 11 is 6.20. The third kappa shape index (κ3) is 4.46. The highest BCUT2D eigenvalue weighted by Gasteiger charge is 2.25. The van der Waals surface area contributed by atoms with Crippen molar-refractivity contribution in [1.29, 1.82) is 0 Å². The summed E-state index contributed by atoms with van der Waals surface area (Å²) in [7, 11) is 2.15. The van der Waals surface area contributed by atoms with Crippen molar-refractivity contribution in [3.05, 3.63) is 46.7 Å². The van der Waals surface area contributed by atoms with Crippen molar-refractivity contribution in [2.45, 2.75) is 6.92 Å². The van der Waals surface area contributed by atoms with Crippen molar-refractivity contribution in [3.8, 4) is 0 Å². The molecule has 2 fully saturated rings. The van der Waals surface area contributed by atoms with Gasteiger partial charge in [-0.3, -0.25) is 4.79 Å². The van der Waals surface area contributed by atoms with Crippen molar-refractivity contribution >= 4 is 29.1 Å². The van der Waals surface area contributed by atoms with Crippen LogP contribution in [0.4, 0.5) is 11.6 Å². The average molecular weight is 415 g/mol. The molecular weight excluding hydrogens is 388 g/mol. The van der Waals surface area contributed by atoms with Crippen LogP contribution in [0.5, 0.6) is 0 Å². The lowest BCUT2D eigenvalue weighted by Gasteiger charge is -2.37. The molecule has 29 heavy (non-hydrogen) atoms. The van der Waals surface area contributed by atoms with Crippen LogP contribution in [0.1, 0.15) is 16.2 Å². The minimum absolute atomic E-state index is 0.00718. The van der Waals surface area contributed by atoms with Crippen LogP contribution in [0.15, 0.2) is 30.3 Å². The van der Waals surface area contributed by atoms with Crippen LogP contribution in [0, 0.1) is 6.92 Å². The van der Waals surface area contributed by atoms with E-state index >= 15 is 0 Å². The molecule has 0 N–H and O–H groups in total. The number of amides is 1. The highest BCUT2D eigenvalue weighted by atomic mass is 35.5. The molecule has 0 bridgehead atoms. The summed E-state index contributed by atoms with van der Waals surface area (Å²) < 4.78 is 0. The summed E-state index contributed by atoms with van der Waals surface area (Å²) in [5, 5.41) is 0.503. The number of rotatable bonds is 3. The Labute approximate surface area is 176 Å². The summed E-state index contributed by atoms with van der Waals surface area (Å²) in [4.78, 5) is 30.9. The Bertz CT molecular complexity index is 875. The molecular formula is C21H27ClN6O. The summed E-state index contributed by atoms with van der Waals surface area (Å²) in [6, 6.07) is 9.32. The first-order chi connectivity index (χ1) is 14.0. The van der Waals surface area contributed by atoms with E-state index in [0.717, 1.165) is 56.7 Å². The zero-order valence-electron chi connectivity index (χ0n) is 17.0. The van der Waals surface area contributed by atoms with E-state index in [0.29, 0.717) is 23.7 Å². The van der Waals surface area contributed by atoms with Crippen molar-refractivity contribution in [3.63, 3.8) is 0 Å². The minimum Gasteiger partial charge on any atom is -0.354 e. The van der Waals surface area contributed by atoms with Crippen LogP contribution >= 0.6 is 11.6 Å². The van der Waals surface area contributed by atoms with E-state index in [1.807, 2.05) is 24.0 Å². The van der Waals surface area contributed by atoms with Crippen molar-refractivity contribution < 1.29 is 4.79 Å². The van der Waals surface area contributed by atoms with E-state index in [-0.39, 0.29) is 5.91 Å². The second-order valence-electron chi connectivity index (χ2n) is 7.68. The fourth-order valence-corrected chi connectivity index (χ4v) is 4.06. The lowest BCUT2D eigenvalue weighted by Crippen LogP contribution is -2.49. The monoisotopic (exact) mass is 414 g/mol. The minimum atomic E-state index is -0.00718. The maximum absolute atomic E-state index is 12.8. The smallest absolute Gasteiger partial charge is 0.255 e. The first kappa shape index (κ1) is 19.9. The van der Waals surface area contributed by atoms with E-state index in [1.165, 1.54) is 0 Å². The summed E-state index contributed by atoms with van der Waals surface area (Å²) in [6.45, 7) is 8.78. The number of halogens is 1. The largest absolute Gasteiger partial charge is 0.354 e. The van der Waals surface area contributed by atoms with Crippen LogP contribution in [-0.2, 0) is 0 Å². The van der Waals surface area contributed by atoms with Crippen LogP contribution < -0.4 is 9.80 Å². The number of aromatic nitrogens is 2. The molecule has 0 atom stereocenters. The molecule has 1 aromatic carbocycles. The van der Waals surface area contributed by atoms with Gasteiger partial charge in [0.15, 0.2) is 0 Å². The molecule has 1 aromatic heterocycles. The number of anilines is 2. The molecule has 2 aliphatic heterocycles. The zero-order valence-corrected chi connectivity index (χ0v) is 17.8. The fraction of sp³-hybridized carbons (Fsp3) is 0.476. The highest BCUT2D eigenvalue weighted by molar-refractivity contribution is 6.33. The molecule has 2 aromatic rings. The van der Waals surface area contributed by atoms with Gasteiger partial charge in [-0.05, 0) is 26.1 Å². The number of hydrogen-bond acceptors (Lipinski definition) is 6. The van der Waals surface area contributed by atoms with Gasteiger partial charge in [-0.25, -0.2) is 9.97 Å².